The second kappa shape index (κ2) is 8.37. The Kier molecular flexibility index (Phi) is 5.67. The highest BCUT2D eigenvalue weighted by molar-refractivity contribution is 7.99. The summed E-state index contributed by atoms with van der Waals surface area (Å²) < 4.78 is 15.4. The van der Waals surface area contributed by atoms with E-state index in [2.05, 4.69) is 14.8 Å². The van der Waals surface area contributed by atoms with Crippen molar-refractivity contribution in [1.82, 2.24) is 14.8 Å². The third-order valence-electron chi connectivity index (χ3n) is 4.82. The van der Waals surface area contributed by atoms with Crippen LogP contribution in [0.1, 0.15) is 32.7 Å². The number of hydrogen-bond acceptors (Lipinski definition) is 4. The molecule has 1 heterocycles. The second-order valence-corrected chi connectivity index (χ2v) is 8.34. The van der Waals surface area contributed by atoms with Gasteiger partial charge >= 0.3 is 0 Å². The molecule has 5 nitrogen and oxygen atoms in total. The molecule has 2 aromatic carbocycles. The lowest BCUT2D eigenvalue weighted by Gasteiger charge is -2.26. The highest BCUT2D eigenvalue weighted by atomic mass is 32.2. The lowest BCUT2D eigenvalue weighted by Crippen LogP contribution is -2.38. The minimum absolute atomic E-state index is 0.0323. The van der Waals surface area contributed by atoms with Crippen LogP contribution in [0.2, 0.25) is 0 Å². The summed E-state index contributed by atoms with van der Waals surface area (Å²) in [6.07, 6.45) is 2.13. The molecule has 0 unspecified atom stereocenters. The lowest BCUT2D eigenvalue weighted by atomic mass is 10.2. The molecule has 1 fully saturated rings. The number of halogens is 1. The molecule has 4 rings (SSSR count). The summed E-state index contributed by atoms with van der Waals surface area (Å²) in [6.45, 7) is 4.02. The molecule has 1 amide bonds. The Morgan fingerprint density at radius 2 is 1.83 bits per heavy atom. The van der Waals surface area contributed by atoms with E-state index in [-0.39, 0.29) is 23.5 Å². The number of nitrogens with zero attached hydrogens (tertiary/aromatic N) is 4. The van der Waals surface area contributed by atoms with Crippen LogP contribution in [0.25, 0.3) is 11.4 Å². The number of aromatic nitrogens is 3. The van der Waals surface area contributed by atoms with E-state index in [9.17, 15) is 9.18 Å². The van der Waals surface area contributed by atoms with Crippen LogP contribution in [-0.4, -0.2) is 32.5 Å². The molecular formula is C22H23FN4OS. The van der Waals surface area contributed by atoms with Crippen molar-refractivity contribution in [3.63, 3.8) is 0 Å². The van der Waals surface area contributed by atoms with E-state index < -0.39 is 0 Å². The van der Waals surface area contributed by atoms with Crippen LogP contribution >= 0.6 is 11.8 Å². The van der Waals surface area contributed by atoms with Gasteiger partial charge in [-0.1, -0.05) is 30.0 Å². The second-order valence-electron chi connectivity index (χ2n) is 7.40. The highest BCUT2D eigenvalue weighted by Gasteiger charge is 2.31. The van der Waals surface area contributed by atoms with E-state index in [1.165, 1.54) is 23.9 Å². The van der Waals surface area contributed by atoms with Crippen LogP contribution < -0.4 is 4.90 Å². The molecule has 0 radical (unpaired) electrons. The standard InChI is InChI=1S/C22H23FN4OS/c1-15(2)26(18-6-4-3-5-7-18)20(28)14-29-22-25-24-21(27(22)19-12-13-19)16-8-10-17(23)11-9-16/h3-11,15,19H,12-14H2,1-2H3. The van der Waals surface area contributed by atoms with Crippen LogP contribution in [0.15, 0.2) is 59.8 Å². The number of anilines is 1. The van der Waals surface area contributed by atoms with Crippen molar-refractivity contribution in [2.45, 2.75) is 43.9 Å². The Hall–Kier alpha value is -2.67. The number of carbonyl (C=O) groups excluding carboxylic acids is 1. The van der Waals surface area contributed by atoms with Crippen molar-refractivity contribution in [3.8, 4) is 11.4 Å². The van der Waals surface area contributed by atoms with Crippen molar-refractivity contribution < 1.29 is 9.18 Å². The molecule has 29 heavy (non-hydrogen) atoms. The predicted octanol–water partition coefficient (Wildman–Crippen LogP) is 4.95. The van der Waals surface area contributed by atoms with Gasteiger partial charge in [-0.3, -0.25) is 9.36 Å². The number of thioether (sulfide) groups is 1. The van der Waals surface area contributed by atoms with Gasteiger partial charge in [0.25, 0.3) is 0 Å². The summed E-state index contributed by atoms with van der Waals surface area (Å²) in [7, 11) is 0. The molecule has 1 aliphatic carbocycles. The quantitative estimate of drug-likeness (QED) is 0.517. The van der Waals surface area contributed by atoms with Gasteiger partial charge in [0.15, 0.2) is 11.0 Å². The molecule has 1 aromatic heterocycles. The summed E-state index contributed by atoms with van der Waals surface area (Å²) >= 11 is 1.41. The number of benzene rings is 2. The summed E-state index contributed by atoms with van der Waals surface area (Å²) in [6, 6.07) is 16.4. The predicted molar refractivity (Wildman–Crippen MR) is 113 cm³/mol. The molecular weight excluding hydrogens is 387 g/mol. The minimum atomic E-state index is -0.277. The fraction of sp³-hybridized carbons (Fsp3) is 0.318. The molecule has 0 bridgehead atoms. The molecule has 0 N–H and O–H groups in total. The third-order valence-corrected chi connectivity index (χ3v) is 5.75. The Morgan fingerprint density at radius 3 is 2.45 bits per heavy atom. The first-order valence-corrected chi connectivity index (χ1v) is 10.7. The summed E-state index contributed by atoms with van der Waals surface area (Å²) in [4.78, 5) is 14.8. The summed E-state index contributed by atoms with van der Waals surface area (Å²) in [5.74, 6) is 0.763. The van der Waals surface area contributed by atoms with Gasteiger partial charge in [0.2, 0.25) is 5.91 Å². The minimum Gasteiger partial charge on any atom is -0.309 e. The third kappa shape index (κ3) is 4.34. The van der Waals surface area contributed by atoms with E-state index in [1.807, 2.05) is 49.1 Å². The van der Waals surface area contributed by atoms with Crippen LogP contribution in [0.3, 0.4) is 0 Å². The van der Waals surface area contributed by atoms with Gasteiger partial charge in [0.05, 0.1) is 5.75 Å². The van der Waals surface area contributed by atoms with Crippen molar-refractivity contribution >= 4 is 23.4 Å². The Morgan fingerprint density at radius 1 is 1.14 bits per heavy atom. The van der Waals surface area contributed by atoms with Crippen molar-refractivity contribution in [2.24, 2.45) is 0 Å². The van der Waals surface area contributed by atoms with Gasteiger partial charge in [-0.25, -0.2) is 4.39 Å². The Balaban J connectivity index is 1.54. The number of carbonyl (C=O) groups is 1. The molecule has 0 saturated heterocycles. The van der Waals surface area contributed by atoms with Gasteiger partial charge in [-0.15, -0.1) is 10.2 Å². The molecule has 1 aliphatic rings. The molecule has 0 spiro atoms. The number of para-hydroxylation sites is 1. The maximum Gasteiger partial charge on any atom is 0.237 e. The van der Waals surface area contributed by atoms with E-state index in [0.29, 0.717) is 6.04 Å². The number of amides is 1. The Bertz CT molecular complexity index is 984. The fourth-order valence-corrected chi connectivity index (χ4v) is 4.21. The van der Waals surface area contributed by atoms with Gasteiger partial charge in [0, 0.05) is 23.3 Å². The van der Waals surface area contributed by atoms with E-state index >= 15 is 0 Å². The zero-order valence-electron chi connectivity index (χ0n) is 16.5. The lowest BCUT2D eigenvalue weighted by molar-refractivity contribution is -0.116. The number of hydrogen-bond donors (Lipinski definition) is 0. The van der Waals surface area contributed by atoms with Crippen molar-refractivity contribution in [2.75, 3.05) is 10.7 Å². The van der Waals surface area contributed by atoms with Crippen LogP contribution in [-0.2, 0) is 4.79 Å². The summed E-state index contributed by atoms with van der Waals surface area (Å²) in [5, 5.41) is 9.41. The van der Waals surface area contributed by atoms with Crippen LogP contribution in [0.4, 0.5) is 10.1 Å². The maximum absolute atomic E-state index is 13.3. The van der Waals surface area contributed by atoms with Gasteiger partial charge in [-0.2, -0.15) is 0 Å². The first-order chi connectivity index (χ1) is 14.0. The van der Waals surface area contributed by atoms with Gasteiger partial charge in [-0.05, 0) is 63.1 Å². The van der Waals surface area contributed by atoms with E-state index in [0.717, 1.165) is 35.1 Å². The van der Waals surface area contributed by atoms with Gasteiger partial charge < -0.3 is 4.90 Å². The van der Waals surface area contributed by atoms with E-state index in [1.54, 1.807) is 12.1 Å². The fourth-order valence-electron chi connectivity index (χ4n) is 3.35. The maximum atomic E-state index is 13.3. The smallest absolute Gasteiger partial charge is 0.237 e. The monoisotopic (exact) mass is 410 g/mol. The molecule has 7 heteroatoms. The van der Waals surface area contributed by atoms with Crippen LogP contribution in [0, 0.1) is 5.82 Å². The molecule has 150 valence electrons. The molecule has 0 atom stereocenters. The normalized spacial score (nSPS) is 13.7. The largest absolute Gasteiger partial charge is 0.309 e. The number of rotatable bonds is 7. The first kappa shape index (κ1) is 19.6. The zero-order valence-corrected chi connectivity index (χ0v) is 17.3. The van der Waals surface area contributed by atoms with E-state index in [4.69, 9.17) is 0 Å². The zero-order chi connectivity index (χ0) is 20.4. The molecule has 3 aromatic rings. The summed E-state index contributed by atoms with van der Waals surface area (Å²) in [5.41, 5.74) is 1.72. The Labute approximate surface area is 173 Å². The average molecular weight is 411 g/mol. The first-order valence-electron chi connectivity index (χ1n) is 9.75. The van der Waals surface area contributed by atoms with Crippen molar-refractivity contribution in [1.29, 1.82) is 0 Å². The van der Waals surface area contributed by atoms with Crippen LogP contribution in [0.5, 0.6) is 0 Å². The molecule has 0 aliphatic heterocycles. The topological polar surface area (TPSA) is 51.0 Å². The highest BCUT2D eigenvalue weighted by Crippen LogP contribution is 2.41. The van der Waals surface area contributed by atoms with Gasteiger partial charge in [0.1, 0.15) is 5.82 Å². The SMILES string of the molecule is CC(C)N(C(=O)CSc1nnc(-c2ccc(F)cc2)n1C1CC1)c1ccccc1. The van der Waals surface area contributed by atoms with Crippen molar-refractivity contribution in [3.05, 3.63) is 60.4 Å². The molecule has 1 saturated carbocycles. The average Bonchev–Trinajstić information content (AvgIpc) is 3.47.